The van der Waals surface area contributed by atoms with Crippen LogP contribution < -0.4 is 9.64 Å². The second kappa shape index (κ2) is 5.60. The third kappa shape index (κ3) is 2.91. The van der Waals surface area contributed by atoms with Crippen LogP contribution in [0, 0.1) is 0 Å². The monoisotopic (exact) mass is 289 g/mol. The Morgan fingerprint density at radius 3 is 2.86 bits per heavy atom. The van der Waals surface area contributed by atoms with Gasteiger partial charge in [0.05, 0.1) is 12.2 Å². The van der Waals surface area contributed by atoms with Crippen LogP contribution in [0.5, 0.6) is 5.75 Å². The summed E-state index contributed by atoms with van der Waals surface area (Å²) < 4.78 is 18.5. The second-order valence-electron chi connectivity index (χ2n) is 5.23. The molecule has 1 aromatic rings. The molecule has 0 saturated heterocycles. The Hall–Kier alpha value is -2.30. The van der Waals surface area contributed by atoms with E-state index in [1.807, 2.05) is 23.1 Å². The molecule has 0 bridgehead atoms. The average Bonchev–Trinajstić information content (AvgIpc) is 2.49. The number of fused-ring (bicyclic) bond motifs is 1. The van der Waals surface area contributed by atoms with Gasteiger partial charge in [-0.15, -0.1) is 0 Å². The first-order valence-electron chi connectivity index (χ1n) is 6.91. The maximum atomic E-state index is 13.0. The SMILES string of the molecule is O=C(O)C1CN(CC2=CC=C(F)CC2)c2ccccc2O1. The molecule has 0 amide bonds. The molecule has 1 N–H and O–H groups in total. The molecular weight excluding hydrogens is 273 g/mol. The summed E-state index contributed by atoms with van der Waals surface area (Å²) in [4.78, 5) is 13.2. The minimum atomic E-state index is -0.974. The smallest absolute Gasteiger partial charge is 0.346 e. The van der Waals surface area contributed by atoms with Crippen LogP contribution in [0.4, 0.5) is 10.1 Å². The molecule has 1 aliphatic heterocycles. The number of aliphatic carboxylic acids is 1. The van der Waals surface area contributed by atoms with Gasteiger partial charge in [0.15, 0.2) is 0 Å². The summed E-state index contributed by atoms with van der Waals surface area (Å²) in [5, 5.41) is 9.20. The zero-order valence-corrected chi connectivity index (χ0v) is 11.5. The fourth-order valence-corrected chi connectivity index (χ4v) is 2.62. The van der Waals surface area contributed by atoms with E-state index < -0.39 is 12.1 Å². The van der Waals surface area contributed by atoms with Crippen molar-refractivity contribution in [3.8, 4) is 5.75 Å². The summed E-state index contributed by atoms with van der Waals surface area (Å²) in [5.74, 6) is -0.503. The molecule has 110 valence electrons. The Labute approximate surface area is 122 Å². The lowest BCUT2D eigenvalue weighted by Crippen LogP contribution is -2.45. The Balaban J connectivity index is 1.85. The van der Waals surface area contributed by atoms with Crippen molar-refractivity contribution in [2.75, 3.05) is 18.0 Å². The molecule has 1 heterocycles. The number of ether oxygens (including phenoxy) is 1. The molecule has 0 fully saturated rings. The lowest BCUT2D eigenvalue weighted by Gasteiger charge is -2.35. The Morgan fingerprint density at radius 1 is 1.33 bits per heavy atom. The van der Waals surface area contributed by atoms with Crippen LogP contribution >= 0.6 is 0 Å². The summed E-state index contributed by atoms with van der Waals surface area (Å²) >= 11 is 0. The van der Waals surface area contributed by atoms with Gasteiger partial charge in [-0.25, -0.2) is 9.18 Å². The summed E-state index contributed by atoms with van der Waals surface area (Å²) in [5.41, 5.74) is 1.98. The van der Waals surface area contributed by atoms with E-state index in [1.54, 1.807) is 12.1 Å². The van der Waals surface area contributed by atoms with Gasteiger partial charge < -0.3 is 14.7 Å². The minimum Gasteiger partial charge on any atom is -0.478 e. The normalized spacial score (nSPS) is 21.0. The van der Waals surface area contributed by atoms with Gasteiger partial charge >= 0.3 is 5.97 Å². The van der Waals surface area contributed by atoms with Crippen LogP contribution in [0.15, 0.2) is 47.8 Å². The van der Waals surface area contributed by atoms with Gasteiger partial charge in [0.25, 0.3) is 0 Å². The van der Waals surface area contributed by atoms with Gasteiger partial charge in [0.2, 0.25) is 6.10 Å². The van der Waals surface area contributed by atoms with Crippen molar-refractivity contribution in [1.82, 2.24) is 0 Å². The number of carbonyl (C=O) groups is 1. The topological polar surface area (TPSA) is 49.8 Å². The molecule has 4 nitrogen and oxygen atoms in total. The number of hydrogen-bond donors (Lipinski definition) is 1. The molecule has 0 spiro atoms. The van der Waals surface area contributed by atoms with E-state index in [-0.39, 0.29) is 12.4 Å². The first-order chi connectivity index (χ1) is 10.1. The van der Waals surface area contributed by atoms with Crippen molar-refractivity contribution < 1.29 is 19.0 Å². The molecule has 0 saturated carbocycles. The average molecular weight is 289 g/mol. The highest BCUT2D eigenvalue weighted by Gasteiger charge is 2.30. The Bertz CT molecular complexity index is 624. The van der Waals surface area contributed by atoms with Gasteiger partial charge in [0, 0.05) is 13.0 Å². The van der Waals surface area contributed by atoms with Crippen LogP contribution in [-0.2, 0) is 4.79 Å². The number of halogens is 1. The molecule has 5 heteroatoms. The molecule has 1 aromatic carbocycles. The maximum absolute atomic E-state index is 13.0. The van der Waals surface area contributed by atoms with E-state index in [1.165, 1.54) is 6.08 Å². The molecule has 0 aromatic heterocycles. The summed E-state index contributed by atoms with van der Waals surface area (Å²) in [6, 6.07) is 7.39. The predicted octanol–water partition coefficient (Wildman–Crippen LogP) is 2.91. The van der Waals surface area contributed by atoms with Crippen LogP contribution in [0.3, 0.4) is 0 Å². The number of carboxylic acids is 1. The Morgan fingerprint density at radius 2 is 2.14 bits per heavy atom. The van der Waals surface area contributed by atoms with E-state index in [9.17, 15) is 14.3 Å². The van der Waals surface area contributed by atoms with Gasteiger partial charge in [-0.3, -0.25) is 0 Å². The highest BCUT2D eigenvalue weighted by molar-refractivity contribution is 5.76. The van der Waals surface area contributed by atoms with Crippen molar-refractivity contribution >= 4 is 11.7 Å². The van der Waals surface area contributed by atoms with E-state index in [2.05, 4.69) is 0 Å². The maximum Gasteiger partial charge on any atom is 0.346 e. The van der Waals surface area contributed by atoms with Crippen LogP contribution in [0.1, 0.15) is 12.8 Å². The first-order valence-corrected chi connectivity index (χ1v) is 6.91. The standard InChI is InChI=1S/C16H16FNO3/c17-12-7-5-11(6-8-12)9-18-10-15(16(19)20)21-14-4-2-1-3-13(14)18/h1-5,7,15H,6,8-10H2,(H,19,20). The van der Waals surface area contributed by atoms with Gasteiger partial charge in [0.1, 0.15) is 11.6 Å². The van der Waals surface area contributed by atoms with Crippen LogP contribution in [-0.4, -0.2) is 30.3 Å². The van der Waals surface area contributed by atoms with Crippen molar-refractivity contribution in [2.45, 2.75) is 18.9 Å². The lowest BCUT2D eigenvalue weighted by molar-refractivity contribution is -0.144. The number of benzene rings is 1. The highest BCUT2D eigenvalue weighted by atomic mass is 19.1. The second-order valence-corrected chi connectivity index (χ2v) is 5.23. The number of carboxylic acid groups (broad SMARTS) is 1. The third-order valence-electron chi connectivity index (χ3n) is 3.72. The highest BCUT2D eigenvalue weighted by Crippen LogP contribution is 2.34. The first kappa shape index (κ1) is 13.7. The lowest BCUT2D eigenvalue weighted by atomic mass is 10.0. The molecule has 21 heavy (non-hydrogen) atoms. The molecule has 1 atom stereocenters. The van der Waals surface area contributed by atoms with Crippen molar-refractivity contribution in [3.05, 3.63) is 47.8 Å². The van der Waals surface area contributed by atoms with Gasteiger partial charge in [-0.05, 0) is 24.6 Å². The summed E-state index contributed by atoms with van der Waals surface area (Å²) in [7, 11) is 0. The fraction of sp³-hybridized carbons (Fsp3) is 0.312. The van der Waals surface area contributed by atoms with Crippen LogP contribution in [0.2, 0.25) is 0 Å². The molecule has 3 rings (SSSR count). The predicted molar refractivity (Wildman–Crippen MR) is 77.2 cm³/mol. The van der Waals surface area contributed by atoms with Gasteiger partial charge in [-0.2, -0.15) is 0 Å². The summed E-state index contributed by atoms with van der Waals surface area (Å²) in [6.07, 6.45) is 3.48. The summed E-state index contributed by atoms with van der Waals surface area (Å²) in [6.45, 7) is 0.879. The zero-order valence-electron chi connectivity index (χ0n) is 11.5. The number of para-hydroxylation sites is 2. The fourth-order valence-electron chi connectivity index (χ4n) is 2.62. The van der Waals surface area contributed by atoms with E-state index >= 15 is 0 Å². The third-order valence-corrected chi connectivity index (χ3v) is 3.72. The number of hydrogen-bond acceptors (Lipinski definition) is 3. The zero-order chi connectivity index (χ0) is 14.8. The quantitative estimate of drug-likeness (QED) is 0.929. The number of anilines is 1. The molecule has 2 aliphatic rings. The number of allylic oxidation sites excluding steroid dienone is 3. The molecule has 1 aliphatic carbocycles. The largest absolute Gasteiger partial charge is 0.478 e. The molecule has 0 radical (unpaired) electrons. The number of rotatable bonds is 3. The van der Waals surface area contributed by atoms with E-state index in [4.69, 9.17) is 4.74 Å². The molecular formula is C16H16FNO3. The Kier molecular flexibility index (Phi) is 3.64. The minimum absolute atomic E-state index is 0.107. The number of nitrogens with zero attached hydrogens (tertiary/aromatic N) is 1. The van der Waals surface area contributed by atoms with Gasteiger partial charge in [-0.1, -0.05) is 23.8 Å². The van der Waals surface area contributed by atoms with Crippen molar-refractivity contribution in [2.24, 2.45) is 0 Å². The van der Waals surface area contributed by atoms with Crippen LogP contribution in [0.25, 0.3) is 0 Å². The van der Waals surface area contributed by atoms with E-state index in [0.717, 1.165) is 11.3 Å². The van der Waals surface area contributed by atoms with Crippen molar-refractivity contribution in [1.29, 1.82) is 0 Å². The molecule has 1 unspecified atom stereocenters. The van der Waals surface area contributed by atoms with Crippen molar-refractivity contribution in [3.63, 3.8) is 0 Å². The van der Waals surface area contributed by atoms with E-state index in [0.29, 0.717) is 25.1 Å².